The number of hydrogen-bond donors (Lipinski definition) is 0. The minimum atomic E-state index is -1.89. The summed E-state index contributed by atoms with van der Waals surface area (Å²) < 4.78 is 17.3. The van der Waals surface area contributed by atoms with Crippen molar-refractivity contribution in [1.29, 1.82) is 0 Å². The van der Waals surface area contributed by atoms with Crippen LogP contribution in [-0.2, 0) is 18.7 Å². The summed E-state index contributed by atoms with van der Waals surface area (Å²) in [5.74, 6) is -0.0395. The molecule has 0 radical (unpaired) electrons. The average Bonchev–Trinajstić information content (AvgIpc) is 2.33. The van der Waals surface area contributed by atoms with Gasteiger partial charge in [0.25, 0.3) is 0 Å². The van der Waals surface area contributed by atoms with Gasteiger partial charge in [0.05, 0.1) is 18.8 Å². The second-order valence-corrected chi connectivity index (χ2v) is 11.8. The topological polar surface area (TPSA) is 44.8 Å². The zero-order valence-electron chi connectivity index (χ0n) is 14.4. The van der Waals surface area contributed by atoms with E-state index in [1.165, 1.54) is 0 Å². The molecule has 5 heteroatoms. The van der Waals surface area contributed by atoms with E-state index in [4.69, 9.17) is 13.9 Å². The molecule has 0 fully saturated rings. The Labute approximate surface area is 125 Å². The summed E-state index contributed by atoms with van der Waals surface area (Å²) in [5.41, 5.74) is 0. The summed E-state index contributed by atoms with van der Waals surface area (Å²) in [4.78, 5) is 10.9. The molecule has 0 heterocycles. The third kappa shape index (κ3) is 6.04. The molecular weight excluding hydrogens is 272 g/mol. The van der Waals surface area contributed by atoms with Gasteiger partial charge >= 0.3 is 0 Å². The van der Waals surface area contributed by atoms with E-state index in [2.05, 4.69) is 33.9 Å². The number of carbonyl (C=O) groups is 1. The first-order valence-electron chi connectivity index (χ1n) is 7.24. The highest BCUT2D eigenvalue weighted by molar-refractivity contribution is 6.74. The van der Waals surface area contributed by atoms with E-state index in [1.807, 2.05) is 6.92 Å². The smallest absolute Gasteiger partial charge is 0.192 e. The first-order valence-corrected chi connectivity index (χ1v) is 10.1. The molecule has 0 saturated heterocycles. The Morgan fingerprint density at radius 3 is 2.05 bits per heavy atom. The fourth-order valence-electron chi connectivity index (χ4n) is 1.76. The lowest BCUT2D eigenvalue weighted by Crippen LogP contribution is -2.49. The van der Waals surface area contributed by atoms with E-state index < -0.39 is 8.32 Å². The number of carbonyl (C=O) groups excluding carboxylic acids is 1. The highest BCUT2D eigenvalue weighted by Gasteiger charge is 2.41. The summed E-state index contributed by atoms with van der Waals surface area (Å²) >= 11 is 0. The number of aldehydes is 1. The third-order valence-electron chi connectivity index (χ3n) is 4.14. The van der Waals surface area contributed by atoms with Crippen molar-refractivity contribution in [1.82, 2.24) is 0 Å². The highest BCUT2D eigenvalue weighted by Crippen LogP contribution is 2.38. The maximum Gasteiger partial charge on any atom is 0.192 e. The molecule has 0 saturated carbocycles. The summed E-state index contributed by atoms with van der Waals surface area (Å²) in [5, 5.41) is 0.132. The van der Waals surface area contributed by atoms with Crippen molar-refractivity contribution in [3.63, 3.8) is 0 Å². The van der Waals surface area contributed by atoms with Crippen molar-refractivity contribution in [3.05, 3.63) is 0 Å². The Bertz CT molecular complexity index is 286. The van der Waals surface area contributed by atoms with E-state index >= 15 is 0 Å². The first kappa shape index (κ1) is 19.8. The zero-order chi connectivity index (χ0) is 16.0. The van der Waals surface area contributed by atoms with E-state index in [-0.39, 0.29) is 23.2 Å². The molecule has 0 unspecified atom stereocenters. The van der Waals surface area contributed by atoms with Crippen LogP contribution < -0.4 is 0 Å². The zero-order valence-corrected chi connectivity index (χ0v) is 15.4. The summed E-state index contributed by atoms with van der Waals surface area (Å²) in [6, 6.07) is 0. The molecule has 0 aromatic rings. The Kier molecular flexibility index (Phi) is 8.17. The molecular formula is C15H32O4Si. The minimum Gasteiger partial charge on any atom is -0.409 e. The molecule has 0 rings (SSSR count). The SMILES string of the molecule is COC[C@@H](O[Si](C)(C)C(C)(C)C)[C@H](C[C@@H](C)C=O)OC. The van der Waals surface area contributed by atoms with Crippen molar-refractivity contribution < 1.29 is 18.7 Å². The van der Waals surface area contributed by atoms with Gasteiger partial charge in [-0.2, -0.15) is 0 Å². The molecule has 0 N–H and O–H groups in total. The monoisotopic (exact) mass is 304 g/mol. The van der Waals surface area contributed by atoms with Crippen LogP contribution in [0.4, 0.5) is 0 Å². The lowest BCUT2D eigenvalue weighted by molar-refractivity contribution is -0.113. The summed E-state index contributed by atoms with van der Waals surface area (Å²) in [6.45, 7) is 13.4. The molecule has 0 aliphatic heterocycles. The second kappa shape index (κ2) is 8.27. The molecule has 0 aromatic carbocycles. The van der Waals surface area contributed by atoms with Crippen LogP contribution in [0.15, 0.2) is 0 Å². The number of rotatable bonds is 9. The van der Waals surface area contributed by atoms with Gasteiger partial charge in [0.1, 0.15) is 6.29 Å². The fraction of sp³-hybridized carbons (Fsp3) is 0.933. The highest BCUT2D eigenvalue weighted by atomic mass is 28.4. The van der Waals surface area contributed by atoms with Crippen LogP contribution in [0.3, 0.4) is 0 Å². The molecule has 0 amide bonds. The van der Waals surface area contributed by atoms with E-state index in [0.717, 1.165) is 6.29 Å². The van der Waals surface area contributed by atoms with E-state index in [0.29, 0.717) is 13.0 Å². The molecule has 0 aromatic heterocycles. The van der Waals surface area contributed by atoms with Gasteiger partial charge in [0.2, 0.25) is 0 Å². The van der Waals surface area contributed by atoms with E-state index in [1.54, 1.807) is 14.2 Å². The maximum absolute atomic E-state index is 10.9. The molecule has 3 atom stereocenters. The van der Waals surface area contributed by atoms with Gasteiger partial charge in [-0.3, -0.25) is 0 Å². The van der Waals surface area contributed by atoms with Crippen LogP contribution in [0.2, 0.25) is 18.1 Å². The quantitative estimate of drug-likeness (QED) is 0.484. The predicted octanol–water partition coefficient (Wildman–Crippen LogP) is 3.26. The van der Waals surface area contributed by atoms with Crippen LogP contribution in [0.1, 0.15) is 34.1 Å². The standard InChI is InChI=1S/C15H32O4Si/c1-12(10-16)9-13(18-6)14(11-17-5)19-20(7,8)15(2,3)4/h10,12-14H,9,11H2,1-8H3/t12-,13+,14-/m1/s1. The lowest BCUT2D eigenvalue weighted by atomic mass is 10.0. The van der Waals surface area contributed by atoms with Crippen molar-refractivity contribution in [2.24, 2.45) is 5.92 Å². The Morgan fingerprint density at radius 2 is 1.70 bits per heavy atom. The van der Waals surface area contributed by atoms with Crippen LogP contribution >= 0.6 is 0 Å². The number of hydrogen-bond acceptors (Lipinski definition) is 4. The normalized spacial score (nSPS) is 17.6. The van der Waals surface area contributed by atoms with Crippen molar-refractivity contribution >= 4 is 14.6 Å². The van der Waals surface area contributed by atoms with E-state index in [9.17, 15) is 4.79 Å². The van der Waals surface area contributed by atoms with Crippen molar-refractivity contribution in [2.75, 3.05) is 20.8 Å². The van der Waals surface area contributed by atoms with Gasteiger partial charge < -0.3 is 18.7 Å². The van der Waals surface area contributed by atoms with Crippen LogP contribution in [-0.4, -0.2) is 47.6 Å². The van der Waals surface area contributed by atoms with Gasteiger partial charge in [-0.25, -0.2) is 0 Å². The summed E-state index contributed by atoms with van der Waals surface area (Å²) in [7, 11) is 1.44. The van der Waals surface area contributed by atoms with Gasteiger partial charge in [-0.15, -0.1) is 0 Å². The van der Waals surface area contributed by atoms with Crippen molar-refractivity contribution in [2.45, 2.75) is 64.5 Å². The minimum absolute atomic E-state index is 0.0395. The maximum atomic E-state index is 10.9. The summed E-state index contributed by atoms with van der Waals surface area (Å²) in [6.07, 6.45) is 1.36. The first-order chi connectivity index (χ1) is 9.09. The average molecular weight is 305 g/mol. The van der Waals surface area contributed by atoms with Gasteiger partial charge in [0.15, 0.2) is 8.32 Å². The van der Waals surface area contributed by atoms with Crippen LogP contribution in [0, 0.1) is 5.92 Å². The molecule has 4 nitrogen and oxygen atoms in total. The van der Waals surface area contributed by atoms with Crippen LogP contribution in [0.5, 0.6) is 0 Å². The lowest BCUT2D eigenvalue weighted by Gasteiger charge is -2.41. The Hall–Kier alpha value is -0.233. The number of methoxy groups -OCH3 is 2. The molecule has 20 heavy (non-hydrogen) atoms. The van der Waals surface area contributed by atoms with Gasteiger partial charge in [0, 0.05) is 20.1 Å². The Morgan fingerprint density at radius 1 is 1.15 bits per heavy atom. The largest absolute Gasteiger partial charge is 0.409 e. The number of ether oxygens (including phenoxy) is 2. The van der Waals surface area contributed by atoms with Gasteiger partial charge in [-0.05, 0) is 24.6 Å². The molecule has 0 spiro atoms. The molecule has 0 bridgehead atoms. The molecule has 0 aliphatic rings. The van der Waals surface area contributed by atoms with Crippen molar-refractivity contribution in [3.8, 4) is 0 Å². The molecule has 0 aliphatic carbocycles. The molecule has 120 valence electrons. The third-order valence-corrected chi connectivity index (χ3v) is 8.64. The Balaban J connectivity index is 4.97. The van der Waals surface area contributed by atoms with Gasteiger partial charge in [-0.1, -0.05) is 27.7 Å². The fourth-order valence-corrected chi connectivity index (χ4v) is 3.09. The predicted molar refractivity (Wildman–Crippen MR) is 84.6 cm³/mol. The second-order valence-electron chi connectivity index (χ2n) is 7.00. The van der Waals surface area contributed by atoms with Crippen LogP contribution in [0.25, 0.3) is 0 Å².